The molecule has 0 bridgehead atoms. The second-order valence-corrected chi connectivity index (χ2v) is 4.10. The normalized spacial score (nSPS) is 13.2. The third-order valence-electron chi connectivity index (χ3n) is 3.08. The zero-order valence-electron chi connectivity index (χ0n) is 9.28. The van der Waals surface area contributed by atoms with Crippen LogP contribution in [0, 0.1) is 13.0 Å². The number of aryl methyl sites for hydroxylation is 1. The zero-order chi connectivity index (χ0) is 12.0. The molecule has 0 fully saturated rings. The molecule has 0 aromatic heterocycles. The molecule has 1 aliphatic carbocycles. The Morgan fingerprint density at radius 1 is 0.882 bits per heavy atom. The van der Waals surface area contributed by atoms with Crippen molar-refractivity contribution in [3.8, 4) is 0 Å². The van der Waals surface area contributed by atoms with E-state index < -0.39 is 0 Å². The van der Waals surface area contributed by atoms with E-state index in [1.807, 2.05) is 0 Å². The Hall–Kier alpha value is -2.22. The molecule has 0 saturated heterocycles. The largest absolute Gasteiger partial charge is 0.289 e. The Kier molecular flexibility index (Phi) is 1.99. The van der Waals surface area contributed by atoms with Crippen LogP contribution in [0.25, 0.3) is 0 Å². The molecule has 1 aliphatic rings. The molecule has 0 spiro atoms. The van der Waals surface area contributed by atoms with Crippen molar-refractivity contribution in [3.05, 3.63) is 70.3 Å². The van der Waals surface area contributed by atoms with E-state index in [2.05, 4.69) is 6.07 Å². The third-order valence-corrected chi connectivity index (χ3v) is 3.08. The van der Waals surface area contributed by atoms with Crippen LogP contribution in [0.3, 0.4) is 0 Å². The molecule has 0 unspecified atom stereocenters. The topological polar surface area (TPSA) is 34.1 Å². The molecular formula is C15H9O2. The van der Waals surface area contributed by atoms with E-state index in [1.165, 1.54) is 0 Å². The molecule has 1 radical (unpaired) electrons. The van der Waals surface area contributed by atoms with Gasteiger partial charge in [0.25, 0.3) is 0 Å². The van der Waals surface area contributed by atoms with Gasteiger partial charge in [-0.1, -0.05) is 30.3 Å². The molecule has 2 aromatic rings. The third kappa shape index (κ3) is 1.27. The van der Waals surface area contributed by atoms with Gasteiger partial charge in [0.05, 0.1) is 0 Å². The Labute approximate surface area is 98.9 Å². The number of hydrogen-bond acceptors (Lipinski definition) is 2. The Morgan fingerprint density at radius 2 is 1.53 bits per heavy atom. The lowest BCUT2D eigenvalue weighted by Crippen LogP contribution is -2.21. The first kappa shape index (κ1) is 9.97. The Morgan fingerprint density at radius 3 is 2.24 bits per heavy atom. The molecule has 0 N–H and O–H groups in total. The molecule has 0 saturated carbocycles. The fourth-order valence-electron chi connectivity index (χ4n) is 2.25. The maximum absolute atomic E-state index is 12.3. The van der Waals surface area contributed by atoms with Crippen molar-refractivity contribution >= 4 is 11.6 Å². The highest BCUT2D eigenvalue weighted by molar-refractivity contribution is 6.28. The summed E-state index contributed by atoms with van der Waals surface area (Å²) in [6.07, 6.45) is 0. The number of ketones is 2. The molecule has 0 aliphatic heterocycles. The van der Waals surface area contributed by atoms with Crippen molar-refractivity contribution < 1.29 is 9.59 Å². The fourth-order valence-corrected chi connectivity index (χ4v) is 2.25. The summed E-state index contributed by atoms with van der Waals surface area (Å²) in [7, 11) is 0. The maximum Gasteiger partial charge on any atom is 0.194 e. The Bertz CT molecular complexity index is 654. The van der Waals surface area contributed by atoms with Gasteiger partial charge in [-0.05, 0) is 24.6 Å². The van der Waals surface area contributed by atoms with Crippen LogP contribution in [-0.2, 0) is 0 Å². The number of fused-ring (bicyclic) bond motifs is 2. The van der Waals surface area contributed by atoms with Crippen molar-refractivity contribution in [2.45, 2.75) is 6.92 Å². The van der Waals surface area contributed by atoms with Crippen LogP contribution in [0.15, 0.2) is 36.4 Å². The molecular weight excluding hydrogens is 212 g/mol. The average Bonchev–Trinajstić information content (AvgIpc) is 2.36. The summed E-state index contributed by atoms with van der Waals surface area (Å²) in [5.41, 5.74) is 2.71. The van der Waals surface area contributed by atoms with Crippen LogP contribution < -0.4 is 0 Å². The summed E-state index contributed by atoms with van der Waals surface area (Å²) >= 11 is 0. The molecule has 81 valence electrons. The zero-order valence-corrected chi connectivity index (χ0v) is 9.28. The second kappa shape index (κ2) is 3.39. The van der Waals surface area contributed by atoms with Crippen LogP contribution >= 0.6 is 0 Å². The fraction of sp³-hybridized carbons (Fsp3) is 0.0667. The molecule has 0 amide bonds. The summed E-state index contributed by atoms with van der Waals surface area (Å²) in [5.74, 6) is -0.156. The van der Waals surface area contributed by atoms with Gasteiger partial charge in [-0.3, -0.25) is 9.59 Å². The smallest absolute Gasteiger partial charge is 0.194 e. The number of carbonyl (C=O) groups excluding carboxylic acids is 2. The van der Waals surface area contributed by atoms with E-state index in [9.17, 15) is 9.59 Å². The number of carbonyl (C=O) groups is 2. The predicted octanol–water partition coefficient (Wildman–Crippen LogP) is 2.57. The van der Waals surface area contributed by atoms with Gasteiger partial charge in [-0.2, -0.15) is 0 Å². The van der Waals surface area contributed by atoms with Crippen molar-refractivity contribution in [2.75, 3.05) is 0 Å². The molecule has 0 atom stereocenters. The van der Waals surface area contributed by atoms with Crippen molar-refractivity contribution in [1.29, 1.82) is 0 Å². The molecule has 0 heterocycles. The number of hydrogen-bond donors (Lipinski definition) is 0. The SMILES string of the molecule is Cc1[c]ccc2c1C(=O)c1ccccc1C2=O. The van der Waals surface area contributed by atoms with Crippen LogP contribution in [0.5, 0.6) is 0 Å². The van der Waals surface area contributed by atoms with Gasteiger partial charge in [-0.15, -0.1) is 0 Å². The lowest BCUT2D eigenvalue weighted by atomic mass is 9.82. The summed E-state index contributed by atoms with van der Waals surface area (Å²) < 4.78 is 0. The highest BCUT2D eigenvalue weighted by Gasteiger charge is 2.29. The van der Waals surface area contributed by atoms with E-state index in [1.54, 1.807) is 43.3 Å². The first-order chi connectivity index (χ1) is 8.20. The summed E-state index contributed by atoms with van der Waals surface area (Å²) in [4.78, 5) is 24.5. The van der Waals surface area contributed by atoms with Gasteiger partial charge in [0.1, 0.15) is 0 Å². The maximum atomic E-state index is 12.3. The first-order valence-corrected chi connectivity index (χ1v) is 5.40. The lowest BCUT2D eigenvalue weighted by Gasteiger charge is -2.18. The summed E-state index contributed by atoms with van der Waals surface area (Å²) in [6, 6.07) is 13.3. The first-order valence-electron chi connectivity index (χ1n) is 5.40. The lowest BCUT2D eigenvalue weighted by molar-refractivity contribution is 0.0978. The molecule has 17 heavy (non-hydrogen) atoms. The summed E-state index contributed by atoms with van der Waals surface area (Å²) in [5, 5.41) is 0. The van der Waals surface area contributed by atoms with Crippen molar-refractivity contribution in [1.82, 2.24) is 0 Å². The van der Waals surface area contributed by atoms with Gasteiger partial charge >= 0.3 is 0 Å². The van der Waals surface area contributed by atoms with Crippen LogP contribution in [-0.4, -0.2) is 11.6 Å². The molecule has 2 nitrogen and oxygen atoms in total. The van der Waals surface area contributed by atoms with Gasteiger partial charge in [0, 0.05) is 22.3 Å². The van der Waals surface area contributed by atoms with E-state index in [-0.39, 0.29) is 11.6 Å². The average molecular weight is 221 g/mol. The Balaban J connectivity index is 2.37. The van der Waals surface area contributed by atoms with Gasteiger partial charge in [0.15, 0.2) is 11.6 Å². The number of rotatable bonds is 0. The minimum Gasteiger partial charge on any atom is -0.289 e. The van der Waals surface area contributed by atoms with Crippen molar-refractivity contribution in [3.63, 3.8) is 0 Å². The van der Waals surface area contributed by atoms with E-state index in [4.69, 9.17) is 0 Å². The van der Waals surface area contributed by atoms with E-state index in [0.29, 0.717) is 22.3 Å². The van der Waals surface area contributed by atoms with Gasteiger partial charge in [-0.25, -0.2) is 0 Å². The monoisotopic (exact) mass is 221 g/mol. The van der Waals surface area contributed by atoms with Gasteiger partial charge < -0.3 is 0 Å². The van der Waals surface area contributed by atoms with E-state index >= 15 is 0 Å². The van der Waals surface area contributed by atoms with E-state index in [0.717, 1.165) is 5.56 Å². The number of benzene rings is 2. The quantitative estimate of drug-likeness (QED) is 0.584. The predicted molar refractivity (Wildman–Crippen MR) is 63.3 cm³/mol. The minimum absolute atomic E-state index is 0.0766. The second-order valence-electron chi connectivity index (χ2n) is 4.10. The van der Waals surface area contributed by atoms with Crippen LogP contribution in [0.4, 0.5) is 0 Å². The van der Waals surface area contributed by atoms with Crippen LogP contribution in [0.2, 0.25) is 0 Å². The standard InChI is InChI=1S/C15H9O2/c1-9-5-4-8-12-13(9)15(17)11-7-3-2-6-10(11)14(12)16/h2-4,6-8H,1H3. The molecule has 2 aromatic carbocycles. The van der Waals surface area contributed by atoms with Gasteiger partial charge in [0.2, 0.25) is 0 Å². The molecule has 3 rings (SSSR count). The van der Waals surface area contributed by atoms with Crippen LogP contribution in [0.1, 0.15) is 37.4 Å². The molecule has 2 heteroatoms. The highest BCUT2D eigenvalue weighted by atomic mass is 16.1. The minimum atomic E-state index is -0.0791. The van der Waals surface area contributed by atoms with Crippen molar-refractivity contribution in [2.24, 2.45) is 0 Å². The summed E-state index contributed by atoms with van der Waals surface area (Å²) in [6.45, 7) is 1.80. The highest BCUT2D eigenvalue weighted by Crippen LogP contribution is 2.28.